The van der Waals surface area contributed by atoms with Gasteiger partial charge in [0.1, 0.15) is 41.5 Å². The van der Waals surface area contributed by atoms with E-state index < -0.39 is 71.6 Å². The Hall–Kier alpha value is -4.66. The first kappa shape index (κ1) is 39.5. The van der Waals surface area contributed by atoms with Crippen LogP contribution in [0.25, 0.3) is 6.08 Å². The average molecular weight is 775 g/mol. The van der Waals surface area contributed by atoms with Crippen molar-refractivity contribution in [2.45, 2.75) is 42.5 Å². The van der Waals surface area contributed by atoms with E-state index in [4.69, 9.17) is 19.5 Å². The number of hydrogen-bond acceptors (Lipinski definition) is 10. The standard InChI is InChI=1S/C35H31F4N4O8PS/c1-22(53-27-17-48-32(49-18-27)8-3-2-5-24-10-9-23(15-40)13-30(24)38)35(19-43-21-41-20-42-43,28-12-11-26(36)14-31(28)39)51-34(44)33-25(6-4-7-29(33)37)16-50-52(45,46)47/h2-14,20-22,27,32H,16-19H2,1H3,(H2,45,46,47)/t22-,27?,32?,35-/m1/s1. The minimum Gasteiger partial charge on any atom is -0.447 e. The zero-order valence-electron chi connectivity index (χ0n) is 27.7. The molecule has 1 aromatic heterocycles. The second-order valence-corrected chi connectivity index (χ2v) is 14.4. The summed E-state index contributed by atoms with van der Waals surface area (Å²) in [6.07, 6.45) is 7.96. The van der Waals surface area contributed by atoms with Crippen LogP contribution in [0, 0.1) is 34.6 Å². The SMILES string of the molecule is C[C@@H](SC1COC(C=CC=Cc2ccc(C#N)cc2F)OC1)[C@@](Cn1cncn1)(OC(=O)c1c(F)cccc1COP(=O)(O)O)c1ccc(F)cc1F. The van der Waals surface area contributed by atoms with E-state index in [0.29, 0.717) is 6.07 Å². The van der Waals surface area contributed by atoms with E-state index in [-0.39, 0.29) is 42.0 Å². The predicted molar refractivity (Wildman–Crippen MR) is 183 cm³/mol. The summed E-state index contributed by atoms with van der Waals surface area (Å²) in [5.41, 5.74) is -2.84. The van der Waals surface area contributed by atoms with E-state index in [1.807, 2.05) is 6.07 Å². The molecule has 12 nitrogen and oxygen atoms in total. The highest BCUT2D eigenvalue weighted by atomic mass is 32.2. The van der Waals surface area contributed by atoms with Gasteiger partial charge >= 0.3 is 13.8 Å². The molecule has 4 aromatic rings. The number of nitriles is 1. The molecule has 0 bridgehead atoms. The molecule has 278 valence electrons. The lowest BCUT2D eigenvalue weighted by Gasteiger charge is -2.40. The lowest BCUT2D eigenvalue weighted by Crippen LogP contribution is -2.47. The maximum absolute atomic E-state index is 15.8. The number of halogens is 4. The topological polar surface area (TPSA) is 166 Å². The summed E-state index contributed by atoms with van der Waals surface area (Å²) in [6.45, 7) is 0.565. The molecular formula is C35H31F4N4O8PS. The van der Waals surface area contributed by atoms with Crippen molar-refractivity contribution in [1.29, 1.82) is 5.26 Å². The summed E-state index contributed by atoms with van der Waals surface area (Å²) < 4.78 is 94.3. The molecule has 2 N–H and O–H groups in total. The number of phosphoric acid groups is 1. The molecule has 3 aromatic carbocycles. The minimum absolute atomic E-state index is 0.106. The fourth-order valence-electron chi connectivity index (χ4n) is 5.41. The highest BCUT2D eigenvalue weighted by Crippen LogP contribution is 2.43. The van der Waals surface area contributed by atoms with Gasteiger partial charge in [-0.1, -0.05) is 36.4 Å². The third kappa shape index (κ3) is 10.3. The fourth-order valence-corrected chi connectivity index (χ4v) is 7.08. The zero-order chi connectivity index (χ0) is 38.2. The Balaban J connectivity index is 1.39. The molecule has 0 radical (unpaired) electrons. The summed E-state index contributed by atoms with van der Waals surface area (Å²) in [4.78, 5) is 36.3. The normalized spacial score (nSPS) is 18.2. The number of rotatable bonds is 14. The highest BCUT2D eigenvalue weighted by Gasteiger charge is 2.47. The van der Waals surface area contributed by atoms with Crippen LogP contribution >= 0.6 is 19.6 Å². The van der Waals surface area contributed by atoms with Crippen LogP contribution in [0.4, 0.5) is 17.6 Å². The van der Waals surface area contributed by atoms with Crippen LogP contribution in [-0.2, 0) is 42.1 Å². The van der Waals surface area contributed by atoms with Crippen molar-refractivity contribution in [3.63, 3.8) is 0 Å². The monoisotopic (exact) mass is 774 g/mol. The molecule has 5 rings (SSSR count). The van der Waals surface area contributed by atoms with Gasteiger partial charge in [-0.25, -0.2) is 36.6 Å². The smallest absolute Gasteiger partial charge is 0.447 e. The van der Waals surface area contributed by atoms with Crippen molar-refractivity contribution >= 4 is 31.6 Å². The molecule has 2 heterocycles. The number of esters is 1. The molecule has 0 amide bonds. The molecule has 1 aliphatic rings. The van der Waals surface area contributed by atoms with Gasteiger partial charge in [0.25, 0.3) is 0 Å². The van der Waals surface area contributed by atoms with Gasteiger partial charge in [0.2, 0.25) is 0 Å². The quantitative estimate of drug-likeness (QED) is 0.0646. The predicted octanol–water partition coefficient (Wildman–Crippen LogP) is 6.20. The maximum Gasteiger partial charge on any atom is 0.469 e. The van der Waals surface area contributed by atoms with E-state index in [1.54, 1.807) is 25.2 Å². The number of benzene rings is 3. The zero-order valence-corrected chi connectivity index (χ0v) is 29.4. The number of ether oxygens (including phenoxy) is 3. The van der Waals surface area contributed by atoms with E-state index in [0.717, 1.165) is 24.3 Å². The Kier molecular flexibility index (Phi) is 13.0. The van der Waals surface area contributed by atoms with Crippen molar-refractivity contribution < 1.29 is 55.4 Å². The van der Waals surface area contributed by atoms with E-state index in [1.165, 1.54) is 59.4 Å². The van der Waals surface area contributed by atoms with Gasteiger partial charge in [-0.15, -0.1) is 11.8 Å². The number of allylic oxidation sites excluding steroid dienone is 2. The Labute approximate surface area is 304 Å². The fraction of sp³-hybridized carbons (Fsp3) is 0.257. The van der Waals surface area contributed by atoms with Crippen molar-refractivity contribution in [1.82, 2.24) is 14.8 Å². The Morgan fingerprint density at radius 1 is 1.11 bits per heavy atom. The summed E-state index contributed by atoms with van der Waals surface area (Å²) in [5.74, 6) is -4.99. The van der Waals surface area contributed by atoms with Crippen LogP contribution in [0.1, 0.15) is 39.5 Å². The van der Waals surface area contributed by atoms with Crippen molar-refractivity contribution in [3.05, 3.63) is 137 Å². The summed E-state index contributed by atoms with van der Waals surface area (Å²) >= 11 is 1.18. The lowest BCUT2D eigenvalue weighted by molar-refractivity contribution is -0.146. The van der Waals surface area contributed by atoms with Gasteiger partial charge in [0.05, 0.1) is 43.2 Å². The van der Waals surface area contributed by atoms with Gasteiger partial charge in [0, 0.05) is 22.4 Å². The molecule has 0 spiro atoms. The first-order valence-electron chi connectivity index (χ1n) is 15.7. The molecule has 1 aliphatic heterocycles. The molecule has 2 atom stereocenters. The van der Waals surface area contributed by atoms with E-state index in [9.17, 15) is 27.9 Å². The van der Waals surface area contributed by atoms with Crippen LogP contribution in [-0.4, -0.2) is 60.5 Å². The lowest BCUT2D eigenvalue weighted by atomic mass is 9.89. The van der Waals surface area contributed by atoms with Gasteiger partial charge in [0.15, 0.2) is 11.9 Å². The third-order valence-corrected chi connectivity index (χ3v) is 9.86. The molecule has 0 unspecified atom stereocenters. The second-order valence-electron chi connectivity index (χ2n) is 11.6. The van der Waals surface area contributed by atoms with Gasteiger partial charge in [-0.3, -0.25) is 4.52 Å². The van der Waals surface area contributed by atoms with Crippen molar-refractivity contribution in [2.75, 3.05) is 13.2 Å². The first-order chi connectivity index (χ1) is 25.3. The largest absolute Gasteiger partial charge is 0.469 e. The van der Waals surface area contributed by atoms with E-state index >= 15 is 8.78 Å². The van der Waals surface area contributed by atoms with Crippen LogP contribution < -0.4 is 0 Å². The number of thioether (sulfide) groups is 1. The molecule has 0 aliphatic carbocycles. The molecule has 18 heteroatoms. The first-order valence-corrected chi connectivity index (χ1v) is 18.2. The van der Waals surface area contributed by atoms with Gasteiger partial charge in [-0.05, 0) is 48.9 Å². The third-order valence-electron chi connectivity index (χ3n) is 7.95. The van der Waals surface area contributed by atoms with Gasteiger partial charge in [-0.2, -0.15) is 10.4 Å². The number of aromatic nitrogens is 3. The Morgan fingerprint density at radius 3 is 2.55 bits per heavy atom. The van der Waals surface area contributed by atoms with E-state index in [2.05, 4.69) is 14.6 Å². The number of hydrogen-bond donors (Lipinski definition) is 2. The second kappa shape index (κ2) is 17.4. The van der Waals surface area contributed by atoms with Crippen LogP contribution in [0.5, 0.6) is 0 Å². The summed E-state index contributed by atoms with van der Waals surface area (Å²) in [5, 5.41) is 11.6. The molecule has 1 fully saturated rings. The minimum atomic E-state index is -5.04. The maximum atomic E-state index is 15.8. The van der Waals surface area contributed by atoms with Crippen LogP contribution in [0.3, 0.4) is 0 Å². The molecular weight excluding hydrogens is 743 g/mol. The number of phosphoric ester groups is 1. The molecule has 1 saturated heterocycles. The Morgan fingerprint density at radius 2 is 1.89 bits per heavy atom. The number of carbonyl (C=O) groups is 1. The van der Waals surface area contributed by atoms with Crippen molar-refractivity contribution in [3.8, 4) is 6.07 Å². The highest BCUT2D eigenvalue weighted by molar-refractivity contribution is 8.00. The summed E-state index contributed by atoms with van der Waals surface area (Å²) in [6, 6.07) is 12.0. The molecule has 0 saturated carbocycles. The Bertz CT molecular complexity index is 2070. The van der Waals surface area contributed by atoms with Crippen molar-refractivity contribution in [2.24, 2.45) is 0 Å². The van der Waals surface area contributed by atoms with Crippen LogP contribution in [0.2, 0.25) is 0 Å². The van der Waals surface area contributed by atoms with Gasteiger partial charge < -0.3 is 24.0 Å². The van der Waals surface area contributed by atoms with Crippen LogP contribution in [0.15, 0.2) is 85.5 Å². The average Bonchev–Trinajstić information content (AvgIpc) is 3.62. The summed E-state index contributed by atoms with van der Waals surface area (Å²) in [7, 11) is -5.04. The number of carbonyl (C=O) groups excluding carboxylic acids is 1. The molecule has 53 heavy (non-hydrogen) atoms. The number of nitrogens with zero attached hydrogens (tertiary/aromatic N) is 4.